The van der Waals surface area contributed by atoms with Gasteiger partial charge in [0.25, 0.3) is 0 Å². The summed E-state index contributed by atoms with van der Waals surface area (Å²) in [5, 5.41) is 0. The van der Waals surface area contributed by atoms with Crippen molar-refractivity contribution < 1.29 is 9.47 Å². The summed E-state index contributed by atoms with van der Waals surface area (Å²) < 4.78 is 11.1. The number of aromatic nitrogens is 1. The van der Waals surface area contributed by atoms with Gasteiger partial charge in [0.15, 0.2) is 0 Å². The second-order valence-corrected chi connectivity index (χ2v) is 9.68. The lowest BCUT2D eigenvalue weighted by Gasteiger charge is -2.08. The molecule has 0 saturated carbocycles. The van der Waals surface area contributed by atoms with Crippen LogP contribution in [0.5, 0.6) is 5.75 Å². The van der Waals surface area contributed by atoms with E-state index in [0.717, 1.165) is 48.6 Å². The first-order chi connectivity index (χ1) is 19.3. The SMILES string of the molecule is C=COCCCCCCCCCOc1ccc(-c2ccc(/C=C/c3ccnc(-c4ccccc4)c3)cc2)cc1. The predicted octanol–water partition coefficient (Wildman–Crippen LogP) is 9.86. The molecule has 0 saturated heterocycles. The number of benzene rings is 3. The van der Waals surface area contributed by atoms with Crippen molar-refractivity contribution in [3.8, 4) is 28.1 Å². The second kappa shape index (κ2) is 16.0. The molecule has 0 N–H and O–H groups in total. The number of ether oxygens (including phenoxy) is 2. The van der Waals surface area contributed by atoms with Gasteiger partial charge in [-0.3, -0.25) is 4.98 Å². The van der Waals surface area contributed by atoms with Gasteiger partial charge in [0.05, 0.1) is 25.2 Å². The molecule has 3 nitrogen and oxygen atoms in total. The van der Waals surface area contributed by atoms with E-state index in [1.54, 1.807) is 0 Å². The Labute approximate surface area is 233 Å². The van der Waals surface area contributed by atoms with E-state index >= 15 is 0 Å². The van der Waals surface area contributed by atoms with Crippen LogP contribution in [0.3, 0.4) is 0 Å². The smallest absolute Gasteiger partial charge is 0.119 e. The maximum atomic E-state index is 5.96. The van der Waals surface area contributed by atoms with Gasteiger partial charge in [-0.1, -0.05) is 118 Å². The molecular weight excluding hydrogens is 478 g/mol. The summed E-state index contributed by atoms with van der Waals surface area (Å²) in [6, 6.07) is 31.5. The molecule has 0 fully saturated rings. The number of nitrogens with zero attached hydrogens (tertiary/aromatic N) is 1. The van der Waals surface area contributed by atoms with Gasteiger partial charge >= 0.3 is 0 Å². The van der Waals surface area contributed by atoms with Gasteiger partial charge in [-0.05, 0) is 59.4 Å². The lowest BCUT2D eigenvalue weighted by atomic mass is 10.0. The van der Waals surface area contributed by atoms with Crippen molar-refractivity contribution in [2.45, 2.75) is 44.9 Å². The number of hydrogen-bond acceptors (Lipinski definition) is 3. The van der Waals surface area contributed by atoms with Gasteiger partial charge in [0.2, 0.25) is 0 Å². The van der Waals surface area contributed by atoms with Crippen molar-refractivity contribution in [3.63, 3.8) is 0 Å². The molecule has 0 amide bonds. The third kappa shape index (κ3) is 9.61. The molecule has 39 heavy (non-hydrogen) atoms. The van der Waals surface area contributed by atoms with Crippen LogP contribution in [0.25, 0.3) is 34.5 Å². The van der Waals surface area contributed by atoms with Gasteiger partial charge in [-0.2, -0.15) is 0 Å². The van der Waals surface area contributed by atoms with Crippen molar-refractivity contribution in [1.82, 2.24) is 4.98 Å². The van der Waals surface area contributed by atoms with E-state index in [1.165, 1.54) is 55.1 Å². The zero-order chi connectivity index (χ0) is 27.0. The van der Waals surface area contributed by atoms with Crippen LogP contribution in [0.2, 0.25) is 0 Å². The molecule has 0 bridgehead atoms. The van der Waals surface area contributed by atoms with Crippen molar-refractivity contribution in [3.05, 3.63) is 121 Å². The lowest BCUT2D eigenvalue weighted by Crippen LogP contribution is -1.97. The number of unbranched alkanes of at least 4 members (excludes halogenated alkanes) is 6. The number of hydrogen-bond donors (Lipinski definition) is 0. The Kier molecular flexibility index (Phi) is 11.4. The van der Waals surface area contributed by atoms with Crippen LogP contribution in [0, 0.1) is 0 Å². The van der Waals surface area contributed by atoms with Crippen LogP contribution >= 0.6 is 0 Å². The molecule has 0 radical (unpaired) electrons. The monoisotopic (exact) mass is 517 g/mol. The molecule has 3 heteroatoms. The van der Waals surface area contributed by atoms with Crippen LogP contribution in [0.1, 0.15) is 56.1 Å². The first-order valence-corrected chi connectivity index (χ1v) is 14.1. The maximum absolute atomic E-state index is 5.96. The minimum atomic E-state index is 0.776. The molecule has 0 aliphatic heterocycles. The largest absolute Gasteiger partial charge is 0.502 e. The topological polar surface area (TPSA) is 31.4 Å². The third-order valence-corrected chi connectivity index (χ3v) is 6.71. The van der Waals surface area contributed by atoms with Crippen LogP contribution in [0.4, 0.5) is 0 Å². The first kappa shape index (κ1) is 27.9. The van der Waals surface area contributed by atoms with E-state index in [1.807, 2.05) is 30.5 Å². The van der Waals surface area contributed by atoms with Crippen molar-refractivity contribution in [2.24, 2.45) is 0 Å². The van der Waals surface area contributed by atoms with E-state index in [0.29, 0.717) is 0 Å². The highest BCUT2D eigenvalue weighted by atomic mass is 16.5. The maximum Gasteiger partial charge on any atom is 0.119 e. The summed E-state index contributed by atoms with van der Waals surface area (Å²) >= 11 is 0. The molecule has 4 aromatic rings. The van der Waals surface area contributed by atoms with Gasteiger partial charge < -0.3 is 9.47 Å². The van der Waals surface area contributed by atoms with E-state index in [9.17, 15) is 0 Å². The summed E-state index contributed by atoms with van der Waals surface area (Å²) in [5.74, 6) is 0.938. The fraction of sp³-hybridized carbons (Fsp3) is 0.250. The third-order valence-electron chi connectivity index (χ3n) is 6.71. The zero-order valence-corrected chi connectivity index (χ0v) is 22.8. The Morgan fingerprint density at radius 3 is 1.90 bits per heavy atom. The quantitative estimate of drug-likeness (QED) is 0.109. The molecule has 3 aromatic carbocycles. The minimum Gasteiger partial charge on any atom is -0.502 e. The molecule has 0 aliphatic rings. The van der Waals surface area contributed by atoms with Crippen LogP contribution in [0.15, 0.2) is 110 Å². The van der Waals surface area contributed by atoms with Gasteiger partial charge in [-0.25, -0.2) is 0 Å². The predicted molar refractivity (Wildman–Crippen MR) is 164 cm³/mol. The Morgan fingerprint density at radius 2 is 1.21 bits per heavy atom. The highest BCUT2D eigenvalue weighted by molar-refractivity contribution is 5.74. The normalized spacial score (nSPS) is 11.0. The van der Waals surface area contributed by atoms with E-state index < -0.39 is 0 Å². The van der Waals surface area contributed by atoms with Gasteiger partial charge in [-0.15, -0.1) is 0 Å². The average Bonchev–Trinajstić information content (AvgIpc) is 3.00. The second-order valence-electron chi connectivity index (χ2n) is 9.68. The molecule has 0 unspecified atom stereocenters. The Balaban J connectivity index is 1.19. The Morgan fingerprint density at radius 1 is 0.590 bits per heavy atom. The molecule has 0 atom stereocenters. The Bertz CT molecular complexity index is 1280. The average molecular weight is 518 g/mol. The fourth-order valence-electron chi connectivity index (χ4n) is 4.48. The summed E-state index contributed by atoms with van der Waals surface area (Å²) in [6.07, 6.45) is 16.2. The summed E-state index contributed by atoms with van der Waals surface area (Å²) in [7, 11) is 0. The van der Waals surface area contributed by atoms with Crippen molar-refractivity contribution >= 4 is 12.2 Å². The van der Waals surface area contributed by atoms with Crippen molar-refractivity contribution in [1.29, 1.82) is 0 Å². The molecule has 1 heterocycles. The summed E-state index contributed by atoms with van der Waals surface area (Å²) in [6.45, 7) is 5.13. The standard InChI is InChI=1S/C36H39NO2/c1-2-38-27-11-6-4-3-5-7-12-28-39-35-23-21-33(22-24-35)32-19-17-30(18-20-32)15-16-31-25-26-37-36(29-31)34-13-9-8-10-14-34/h2,8-10,13-26,29H,1,3-7,11-12,27-28H2/b16-15+. The minimum absolute atomic E-state index is 0.776. The highest BCUT2D eigenvalue weighted by Gasteiger charge is 2.01. The molecule has 1 aromatic heterocycles. The molecular formula is C36H39NO2. The number of rotatable bonds is 16. The van der Waals surface area contributed by atoms with Crippen molar-refractivity contribution in [2.75, 3.05) is 13.2 Å². The first-order valence-electron chi connectivity index (χ1n) is 14.1. The molecule has 4 rings (SSSR count). The van der Waals surface area contributed by atoms with E-state index in [-0.39, 0.29) is 0 Å². The summed E-state index contributed by atoms with van der Waals surface area (Å²) in [4.78, 5) is 4.51. The lowest BCUT2D eigenvalue weighted by molar-refractivity contribution is 0.241. The van der Waals surface area contributed by atoms with Gasteiger partial charge in [0, 0.05) is 11.8 Å². The molecule has 0 spiro atoms. The Hall–Kier alpha value is -4.11. The zero-order valence-electron chi connectivity index (χ0n) is 22.8. The molecule has 0 aliphatic carbocycles. The van der Waals surface area contributed by atoms with Crippen LogP contribution < -0.4 is 4.74 Å². The fourth-order valence-corrected chi connectivity index (χ4v) is 4.48. The van der Waals surface area contributed by atoms with Crippen LogP contribution in [-0.4, -0.2) is 18.2 Å². The van der Waals surface area contributed by atoms with E-state index in [2.05, 4.69) is 90.4 Å². The van der Waals surface area contributed by atoms with E-state index in [4.69, 9.17) is 9.47 Å². The van der Waals surface area contributed by atoms with Gasteiger partial charge in [0.1, 0.15) is 5.75 Å². The highest BCUT2D eigenvalue weighted by Crippen LogP contribution is 2.24. The van der Waals surface area contributed by atoms with Crippen LogP contribution in [-0.2, 0) is 4.74 Å². The molecule has 200 valence electrons. The number of pyridine rings is 1. The summed E-state index contributed by atoms with van der Waals surface area (Å²) in [5.41, 5.74) is 6.80.